The van der Waals surface area contributed by atoms with Crippen molar-refractivity contribution >= 4 is 17.5 Å². The van der Waals surface area contributed by atoms with Crippen LogP contribution in [0.5, 0.6) is 0 Å². The van der Waals surface area contributed by atoms with Gasteiger partial charge in [0.25, 0.3) is 0 Å². The SMILES string of the molecule is CCC1CC1C1CCN(c2ncc(Cl)cn2)CC1. The minimum atomic E-state index is 0.609. The molecule has 1 aromatic heterocycles. The first-order valence-electron chi connectivity index (χ1n) is 7.00. The quantitative estimate of drug-likeness (QED) is 0.839. The number of anilines is 1. The number of rotatable bonds is 3. The van der Waals surface area contributed by atoms with Crippen molar-refractivity contribution in [2.45, 2.75) is 32.6 Å². The second-order valence-corrected chi connectivity index (χ2v) is 6.03. The highest BCUT2D eigenvalue weighted by atomic mass is 35.5. The molecule has 1 aromatic rings. The minimum Gasteiger partial charge on any atom is -0.341 e. The van der Waals surface area contributed by atoms with Crippen LogP contribution < -0.4 is 4.90 Å². The van der Waals surface area contributed by atoms with Gasteiger partial charge in [-0.25, -0.2) is 9.97 Å². The van der Waals surface area contributed by atoms with E-state index in [1.165, 1.54) is 25.7 Å². The van der Waals surface area contributed by atoms with Gasteiger partial charge in [-0.3, -0.25) is 0 Å². The molecule has 1 saturated carbocycles. The Labute approximate surface area is 114 Å². The Morgan fingerprint density at radius 1 is 1.28 bits per heavy atom. The summed E-state index contributed by atoms with van der Waals surface area (Å²) in [5.41, 5.74) is 0. The fraction of sp³-hybridized carbons (Fsp3) is 0.714. The maximum atomic E-state index is 5.81. The Kier molecular flexibility index (Phi) is 3.42. The predicted molar refractivity (Wildman–Crippen MR) is 73.9 cm³/mol. The molecular formula is C14H20ClN3. The normalized spacial score (nSPS) is 28.4. The second kappa shape index (κ2) is 5.04. The van der Waals surface area contributed by atoms with Gasteiger partial charge < -0.3 is 4.90 Å². The summed E-state index contributed by atoms with van der Waals surface area (Å²) in [6, 6.07) is 0. The molecule has 98 valence electrons. The Hall–Kier alpha value is -0.830. The summed E-state index contributed by atoms with van der Waals surface area (Å²) in [6.45, 7) is 4.51. The van der Waals surface area contributed by atoms with E-state index in [9.17, 15) is 0 Å². The zero-order valence-corrected chi connectivity index (χ0v) is 11.6. The summed E-state index contributed by atoms with van der Waals surface area (Å²) >= 11 is 5.81. The van der Waals surface area contributed by atoms with E-state index in [-0.39, 0.29) is 0 Å². The molecule has 3 rings (SSSR count). The van der Waals surface area contributed by atoms with Crippen LogP contribution in [0.25, 0.3) is 0 Å². The van der Waals surface area contributed by atoms with E-state index in [0.29, 0.717) is 5.02 Å². The number of hydrogen-bond donors (Lipinski definition) is 0. The summed E-state index contributed by atoms with van der Waals surface area (Å²) in [6.07, 6.45) is 8.80. The van der Waals surface area contributed by atoms with Crippen molar-refractivity contribution < 1.29 is 0 Å². The van der Waals surface area contributed by atoms with Crippen molar-refractivity contribution in [1.29, 1.82) is 0 Å². The van der Waals surface area contributed by atoms with Gasteiger partial charge in [-0.1, -0.05) is 24.9 Å². The molecule has 2 heterocycles. The molecule has 1 saturated heterocycles. The van der Waals surface area contributed by atoms with E-state index < -0.39 is 0 Å². The van der Waals surface area contributed by atoms with Crippen LogP contribution in [0.15, 0.2) is 12.4 Å². The van der Waals surface area contributed by atoms with Gasteiger partial charge >= 0.3 is 0 Å². The lowest BCUT2D eigenvalue weighted by Gasteiger charge is -2.32. The van der Waals surface area contributed by atoms with Crippen molar-refractivity contribution in [3.63, 3.8) is 0 Å². The summed E-state index contributed by atoms with van der Waals surface area (Å²) in [5.74, 6) is 3.82. The molecule has 1 aliphatic carbocycles. The monoisotopic (exact) mass is 265 g/mol. The van der Waals surface area contributed by atoms with Gasteiger partial charge in [-0.2, -0.15) is 0 Å². The van der Waals surface area contributed by atoms with Crippen LogP contribution in [0.1, 0.15) is 32.6 Å². The van der Waals surface area contributed by atoms with Crippen LogP contribution in [0.2, 0.25) is 5.02 Å². The van der Waals surface area contributed by atoms with E-state index in [0.717, 1.165) is 36.8 Å². The zero-order chi connectivity index (χ0) is 12.5. The summed E-state index contributed by atoms with van der Waals surface area (Å²) in [5, 5.41) is 0.609. The average molecular weight is 266 g/mol. The molecule has 2 atom stereocenters. The third-order valence-corrected chi connectivity index (χ3v) is 4.73. The van der Waals surface area contributed by atoms with Crippen LogP contribution in [0, 0.1) is 17.8 Å². The lowest BCUT2D eigenvalue weighted by atomic mass is 9.91. The second-order valence-electron chi connectivity index (χ2n) is 5.59. The molecule has 4 heteroatoms. The highest BCUT2D eigenvalue weighted by Gasteiger charge is 2.42. The molecule has 0 amide bonds. The highest BCUT2D eigenvalue weighted by molar-refractivity contribution is 6.30. The first-order chi connectivity index (χ1) is 8.78. The lowest BCUT2D eigenvalue weighted by Crippen LogP contribution is -2.35. The summed E-state index contributed by atoms with van der Waals surface area (Å²) in [4.78, 5) is 10.9. The van der Waals surface area contributed by atoms with E-state index in [1.54, 1.807) is 12.4 Å². The number of nitrogens with zero attached hydrogens (tertiary/aromatic N) is 3. The molecular weight excluding hydrogens is 246 g/mol. The highest BCUT2D eigenvalue weighted by Crippen LogP contribution is 2.49. The largest absolute Gasteiger partial charge is 0.341 e. The molecule has 0 bridgehead atoms. The number of hydrogen-bond acceptors (Lipinski definition) is 3. The topological polar surface area (TPSA) is 29.0 Å². The van der Waals surface area contributed by atoms with Crippen molar-refractivity contribution in [3.8, 4) is 0 Å². The fourth-order valence-electron chi connectivity index (χ4n) is 3.31. The predicted octanol–water partition coefficient (Wildman–Crippen LogP) is 3.39. The molecule has 2 fully saturated rings. The Balaban J connectivity index is 1.55. The number of halogens is 1. The smallest absolute Gasteiger partial charge is 0.225 e. The molecule has 18 heavy (non-hydrogen) atoms. The van der Waals surface area contributed by atoms with E-state index in [4.69, 9.17) is 11.6 Å². The summed E-state index contributed by atoms with van der Waals surface area (Å²) in [7, 11) is 0. The summed E-state index contributed by atoms with van der Waals surface area (Å²) < 4.78 is 0. The molecule has 0 N–H and O–H groups in total. The van der Waals surface area contributed by atoms with Gasteiger partial charge in [0, 0.05) is 13.1 Å². The van der Waals surface area contributed by atoms with Crippen LogP contribution in [0.4, 0.5) is 5.95 Å². The van der Waals surface area contributed by atoms with Gasteiger partial charge in [0.1, 0.15) is 0 Å². The lowest BCUT2D eigenvalue weighted by molar-refractivity contribution is 0.343. The van der Waals surface area contributed by atoms with Gasteiger partial charge in [0.05, 0.1) is 17.4 Å². The molecule has 0 aromatic carbocycles. The first-order valence-corrected chi connectivity index (χ1v) is 7.38. The molecule has 2 unspecified atom stereocenters. The van der Waals surface area contributed by atoms with Gasteiger partial charge in [0.2, 0.25) is 5.95 Å². The maximum absolute atomic E-state index is 5.81. The molecule has 3 nitrogen and oxygen atoms in total. The zero-order valence-electron chi connectivity index (χ0n) is 10.8. The molecule has 0 radical (unpaired) electrons. The van der Waals surface area contributed by atoms with E-state index >= 15 is 0 Å². The van der Waals surface area contributed by atoms with Crippen molar-refractivity contribution in [2.75, 3.05) is 18.0 Å². The van der Waals surface area contributed by atoms with Gasteiger partial charge in [-0.15, -0.1) is 0 Å². The fourth-order valence-corrected chi connectivity index (χ4v) is 3.41. The maximum Gasteiger partial charge on any atom is 0.225 e. The first kappa shape index (κ1) is 12.2. The number of piperidine rings is 1. The van der Waals surface area contributed by atoms with Crippen LogP contribution >= 0.6 is 11.6 Å². The van der Waals surface area contributed by atoms with Crippen LogP contribution in [-0.4, -0.2) is 23.1 Å². The Morgan fingerprint density at radius 2 is 1.94 bits per heavy atom. The van der Waals surface area contributed by atoms with Crippen LogP contribution in [0.3, 0.4) is 0 Å². The van der Waals surface area contributed by atoms with Crippen molar-refractivity contribution in [1.82, 2.24) is 9.97 Å². The molecule has 1 aliphatic heterocycles. The molecule has 0 spiro atoms. The minimum absolute atomic E-state index is 0.609. The standard InChI is InChI=1S/C14H20ClN3/c1-2-10-7-13(10)11-3-5-18(6-4-11)14-16-8-12(15)9-17-14/h8-11,13H,2-7H2,1H3. The van der Waals surface area contributed by atoms with E-state index in [1.807, 2.05) is 0 Å². The van der Waals surface area contributed by atoms with Crippen LogP contribution in [-0.2, 0) is 0 Å². The Bertz CT molecular complexity index is 398. The Morgan fingerprint density at radius 3 is 2.50 bits per heavy atom. The van der Waals surface area contributed by atoms with Gasteiger partial charge in [-0.05, 0) is 37.0 Å². The van der Waals surface area contributed by atoms with Gasteiger partial charge in [0.15, 0.2) is 0 Å². The number of aromatic nitrogens is 2. The van der Waals surface area contributed by atoms with E-state index in [2.05, 4.69) is 21.8 Å². The molecule has 2 aliphatic rings. The van der Waals surface area contributed by atoms with Crippen molar-refractivity contribution in [3.05, 3.63) is 17.4 Å². The average Bonchev–Trinajstić information content (AvgIpc) is 3.19. The van der Waals surface area contributed by atoms with Crippen molar-refractivity contribution in [2.24, 2.45) is 17.8 Å². The third kappa shape index (κ3) is 2.46. The third-order valence-electron chi connectivity index (χ3n) is 4.54.